The summed E-state index contributed by atoms with van der Waals surface area (Å²) in [4.78, 5) is 1.45. The first kappa shape index (κ1) is 15.3. The van der Waals surface area contributed by atoms with E-state index >= 15 is 0 Å². The molecule has 0 radical (unpaired) electrons. The Kier molecular flexibility index (Phi) is 6.62. The number of nitrogens with one attached hydrogen (secondary N) is 1. The minimum Gasteiger partial charge on any atom is -0.306 e. The van der Waals surface area contributed by atoms with E-state index in [1.807, 2.05) is 11.3 Å². The maximum absolute atomic E-state index is 3.74. The molecule has 19 heavy (non-hydrogen) atoms. The molecule has 0 saturated heterocycles. The van der Waals surface area contributed by atoms with Crippen LogP contribution < -0.4 is 5.32 Å². The Labute approximate surface area is 129 Å². The van der Waals surface area contributed by atoms with Gasteiger partial charge in [-0.05, 0) is 66.7 Å². The summed E-state index contributed by atoms with van der Waals surface area (Å²) in [7, 11) is 0. The molecule has 1 unspecified atom stereocenters. The highest BCUT2D eigenvalue weighted by Crippen LogP contribution is 2.34. The SMILES string of the molecule is CCCNC(/C1=C/CCCCCC1)c1ccc(Br)s1. The van der Waals surface area contributed by atoms with Crippen molar-refractivity contribution in [3.05, 3.63) is 32.4 Å². The van der Waals surface area contributed by atoms with E-state index in [4.69, 9.17) is 0 Å². The van der Waals surface area contributed by atoms with Crippen molar-refractivity contribution >= 4 is 27.3 Å². The Hall–Kier alpha value is -0.120. The number of thiophene rings is 1. The molecule has 1 aliphatic rings. The highest BCUT2D eigenvalue weighted by Gasteiger charge is 2.18. The Morgan fingerprint density at radius 1 is 1.26 bits per heavy atom. The molecule has 0 aromatic carbocycles. The first-order valence-electron chi connectivity index (χ1n) is 7.49. The molecular formula is C16H24BrNS. The minimum absolute atomic E-state index is 0.439. The van der Waals surface area contributed by atoms with Gasteiger partial charge in [-0.3, -0.25) is 0 Å². The van der Waals surface area contributed by atoms with Gasteiger partial charge in [0.15, 0.2) is 0 Å². The molecule has 106 valence electrons. The molecule has 1 nitrogen and oxygen atoms in total. The molecule has 0 aliphatic heterocycles. The molecule has 0 amide bonds. The molecule has 1 aromatic heterocycles. The number of allylic oxidation sites excluding steroid dienone is 1. The zero-order chi connectivity index (χ0) is 13.5. The van der Waals surface area contributed by atoms with E-state index in [0.717, 1.165) is 6.54 Å². The van der Waals surface area contributed by atoms with Crippen molar-refractivity contribution in [2.45, 2.75) is 57.9 Å². The van der Waals surface area contributed by atoms with E-state index < -0.39 is 0 Å². The second kappa shape index (κ2) is 8.23. The molecule has 2 rings (SSSR count). The van der Waals surface area contributed by atoms with Crippen molar-refractivity contribution in [3.8, 4) is 0 Å². The smallest absolute Gasteiger partial charge is 0.0702 e. The molecule has 0 saturated carbocycles. The van der Waals surface area contributed by atoms with Crippen molar-refractivity contribution in [2.75, 3.05) is 6.54 Å². The van der Waals surface area contributed by atoms with Crippen molar-refractivity contribution in [1.29, 1.82) is 0 Å². The van der Waals surface area contributed by atoms with Gasteiger partial charge in [0.05, 0.1) is 9.83 Å². The molecule has 1 atom stereocenters. The number of rotatable bonds is 5. The van der Waals surface area contributed by atoms with Gasteiger partial charge in [0.1, 0.15) is 0 Å². The van der Waals surface area contributed by atoms with Crippen LogP contribution in [0, 0.1) is 0 Å². The highest BCUT2D eigenvalue weighted by atomic mass is 79.9. The lowest BCUT2D eigenvalue weighted by Gasteiger charge is -2.22. The average molecular weight is 342 g/mol. The topological polar surface area (TPSA) is 12.0 Å². The largest absolute Gasteiger partial charge is 0.306 e. The monoisotopic (exact) mass is 341 g/mol. The fourth-order valence-corrected chi connectivity index (χ4v) is 4.21. The summed E-state index contributed by atoms with van der Waals surface area (Å²) < 4.78 is 1.23. The summed E-state index contributed by atoms with van der Waals surface area (Å²) in [6.07, 6.45) is 11.7. The minimum atomic E-state index is 0.439. The molecule has 0 bridgehead atoms. The van der Waals surface area contributed by atoms with Crippen LogP contribution in [0.2, 0.25) is 0 Å². The fraction of sp³-hybridized carbons (Fsp3) is 0.625. The van der Waals surface area contributed by atoms with Crippen LogP contribution in [0.5, 0.6) is 0 Å². The van der Waals surface area contributed by atoms with Gasteiger partial charge < -0.3 is 5.32 Å². The predicted molar refractivity (Wildman–Crippen MR) is 88.8 cm³/mol. The third kappa shape index (κ3) is 4.73. The molecular weight excluding hydrogens is 318 g/mol. The van der Waals surface area contributed by atoms with E-state index in [1.54, 1.807) is 5.57 Å². The first-order chi connectivity index (χ1) is 9.31. The number of hydrogen-bond donors (Lipinski definition) is 1. The maximum atomic E-state index is 3.74. The molecule has 0 spiro atoms. The van der Waals surface area contributed by atoms with Gasteiger partial charge >= 0.3 is 0 Å². The standard InChI is InChI=1S/C16H24BrNS/c1-2-12-18-16(14-10-11-15(17)19-14)13-8-6-4-3-5-7-9-13/h8,10-11,16,18H,2-7,9,12H2,1H3/b13-8+. The van der Waals surface area contributed by atoms with Crippen LogP contribution in [0.15, 0.2) is 27.6 Å². The summed E-state index contributed by atoms with van der Waals surface area (Å²) in [5.41, 5.74) is 1.61. The predicted octanol–water partition coefficient (Wildman–Crippen LogP) is 5.83. The number of hydrogen-bond acceptors (Lipinski definition) is 2. The van der Waals surface area contributed by atoms with Crippen LogP contribution >= 0.6 is 27.3 Å². The van der Waals surface area contributed by atoms with Crippen molar-refractivity contribution < 1.29 is 0 Å². The maximum Gasteiger partial charge on any atom is 0.0702 e. The third-order valence-corrected chi connectivity index (χ3v) is 5.36. The molecule has 3 heteroatoms. The van der Waals surface area contributed by atoms with E-state index in [0.29, 0.717) is 6.04 Å². The van der Waals surface area contributed by atoms with Gasteiger partial charge in [-0.15, -0.1) is 11.3 Å². The number of halogens is 1. The third-order valence-electron chi connectivity index (χ3n) is 3.67. The van der Waals surface area contributed by atoms with E-state index in [1.165, 1.54) is 53.6 Å². The van der Waals surface area contributed by atoms with Gasteiger partial charge in [0.2, 0.25) is 0 Å². The average Bonchev–Trinajstić information content (AvgIpc) is 2.78. The van der Waals surface area contributed by atoms with Crippen molar-refractivity contribution in [1.82, 2.24) is 5.32 Å². The van der Waals surface area contributed by atoms with Crippen LogP contribution in [-0.2, 0) is 0 Å². The second-order valence-corrected chi connectivity index (χ2v) is 7.76. The van der Waals surface area contributed by atoms with E-state index in [2.05, 4.69) is 46.4 Å². The van der Waals surface area contributed by atoms with Gasteiger partial charge in [0.25, 0.3) is 0 Å². The molecule has 1 heterocycles. The summed E-state index contributed by atoms with van der Waals surface area (Å²) in [6, 6.07) is 4.88. The van der Waals surface area contributed by atoms with Crippen LogP contribution in [0.25, 0.3) is 0 Å². The van der Waals surface area contributed by atoms with Crippen molar-refractivity contribution in [2.24, 2.45) is 0 Å². The molecule has 1 aliphatic carbocycles. The summed E-state index contributed by atoms with van der Waals surface area (Å²) >= 11 is 5.46. The van der Waals surface area contributed by atoms with E-state index in [9.17, 15) is 0 Å². The summed E-state index contributed by atoms with van der Waals surface area (Å²) in [5.74, 6) is 0. The first-order valence-corrected chi connectivity index (χ1v) is 9.09. The van der Waals surface area contributed by atoms with Crippen LogP contribution in [0.3, 0.4) is 0 Å². The van der Waals surface area contributed by atoms with Crippen LogP contribution in [0.4, 0.5) is 0 Å². The van der Waals surface area contributed by atoms with Crippen LogP contribution in [0.1, 0.15) is 62.8 Å². The fourth-order valence-electron chi connectivity index (χ4n) is 2.67. The zero-order valence-electron chi connectivity index (χ0n) is 11.8. The van der Waals surface area contributed by atoms with Gasteiger partial charge in [-0.25, -0.2) is 0 Å². The second-order valence-electron chi connectivity index (χ2n) is 5.26. The molecule has 1 N–H and O–H groups in total. The molecule has 0 fully saturated rings. The summed E-state index contributed by atoms with van der Waals surface area (Å²) in [6.45, 7) is 3.33. The zero-order valence-corrected chi connectivity index (χ0v) is 14.2. The lowest BCUT2D eigenvalue weighted by atomic mass is 9.94. The Morgan fingerprint density at radius 2 is 2.11 bits per heavy atom. The summed E-state index contributed by atoms with van der Waals surface area (Å²) in [5, 5.41) is 3.74. The van der Waals surface area contributed by atoms with E-state index in [-0.39, 0.29) is 0 Å². The quantitative estimate of drug-likeness (QED) is 0.664. The Morgan fingerprint density at radius 3 is 2.84 bits per heavy atom. The van der Waals surface area contributed by atoms with Gasteiger partial charge in [-0.2, -0.15) is 0 Å². The van der Waals surface area contributed by atoms with Gasteiger partial charge in [0, 0.05) is 4.88 Å². The Balaban J connectivity index is 2.15. The molecule has 1 aromatic rings. The lowest BCUT2D eigenvalue weighted by molar-refractivity contribution is 0.545. The highest BCUT2D eigenvalue weighted by molar-refractivity contribution is 9.11. The van der Waals surface area contributed by atoms with Crippen molar-refractivity contribution in [3.63, 3.8) is 0 Å². The van der Waals surface area contributed by atoms with Crippen LogP contribution in [-0.4, -0.2) is 6.54 Å². The van der Waals surface area contributed by atoms with Gasteiger partial charge in [-0.1, -0.05) is 31.4 Å². The Bertz CT molecular complexity index is 411. The normalized spacial score (nSPS) is 21.3. The lowest BCUT2D eigenvalue weighted by Crippen LogP contribution is -2.23.